The van der Waals surface area contributed by atoms with Gasteiger partial charge in [-0.25, -0.2) is 0 Å². The number of rotatable bonds is 2. The molecule has 0 aromatic heterocycles. The van der Waals surface area contributed by atoms with Gasteiger partial charge in [-0.2, -0.15) is 0 Å². The van der Waals surface area contributed by atoms with E-state index in [9.17, 15) is 3.89 Å². The molecule has 0 rings (SSSR count). The molecule has 0 saturated carbocycles. The average molecular weight is 93.1 g/mol. The highest BCUT2D eigenvalue weighted by atomic mass is 32.2. The van der Waals surface area contributed by atoms with Crippen LogP contribution in [0.25, 0.3) is 0 Å². The Morgan fingerprint density at radius 3 is 2.60 bits per heavy atom. The zero-order chi connectivity index (χ0) is 4.12. The molecule has 0 heterocycles. The van der Waals surface area contributed by atoms with E-state index in [0.29, 0.717) is 0 Å². The van der Waals surface area contributed by atoms with Crippen molar-refractivity contribution in [2.24, 2.45) is 0 Å². The van der Waals surface area contributed by atoms with Crippen LogP contribution in [0.1, 0.15) is 0 Å². The number of halogens is 1. The van der Waals surface area contributed by atoms with Gasteiger partial charge in [0.05, 0.1) is 0 Å². The number of hydrogen-bond donors (Lipinski definition) is 0. The Labute approximate surface area is 34.1 Å². The molecule has 0 aliphatic carbocycles. The highest BCUT2D eigenvalue weighted by Crippen LogP contribution is 1.91. The molecule has 5 heavy (non-hydrogen) atoms. The van der Waals surface area contributed by atoms with Gasteiger partial charge in [-0.1, -0.05) is 0 Å². The van der Waals surface area contributed by atoms with Crippen molar-refractivity contribution in [3.63, 3.8) is 0 Å². The zero-order valence-corrected chi connectivity index (χ0v) is 2.96. The standard InChI is InChI=1S/CFNOS/c1-4-3-5-2. The average Bonchev–Trinajstić information content (AvgIpc) is 1.41. The zero-order valence-electron chi connectivity index (χ0n) is 2.14. The molecule has 0 bridgehead atoms. The first-order valence-corrected chi connectivity index (χ1v) is 1.40. The van der Waals surface area contributed by atoms with Crippen molar-refractivity contribution in [3.05, 3.63) is 7.11 Å². The third-order valence-electron chi connectivity index (χ3n) is 0.0654. The maximum Gasteiger partial charge on any atom is 0.204 e. The molecule has 0 saturated heterocycles. The van der Waals surface area contributed by atoms with Crippen LogP contribution in [0.5, 0.6) is 0 Å². The van der Waals surface area contributed by atoms with Gasteiger partial charge in [0.2, 0.25) is 7.11 Å². The van der Waals surface area contributed by atoms with Crippen LogP contribution in [0.2, 0.25) is 0 Å². The Balaban J connectivity index is 2.19. The summed E-state index contributed by atoms with van der Waals surface area (Å²) in [6.45, 7) is 0. The highest BCUT2D eigenvalue weighted by Gasteiger charge is 1.74. The van der Waals surface area contributed by atoms with E-state index in [1.54, 1.807) is 0 Å². The summed E-state index contributed by atoms with van der Waals surface area (Å²) in [5.41, 5.74) is 0. The molecule has 0 amide bonds. The Morgan fingerprint density at radius 1 is 2.00 bits per heavy atom. The smallest absolute Gasteiger partial charge is 0.204 e. The first-order chi connectivity index (χ1) is 2.41. The summed E-state index contributed by atoms with van der Waals surface area (Å²) < 4.78 is 10.5. The van der Waals surface area contributed by atoms with Crippen molar-refractivity contribution in [3.8, 4) is 0 Å². The van der Waals surface area contributed by atoms with Crippen LogP contribution in [0.4, 0.5) is 3.89 Å². The van der Waals surface area contributed by atoms with E-state index in [2.05, 4.69) is 9.72 Å². The van der Waals surface area contributed by atoms with E-state index >= 15 is 0 Å². The maximum absolute atomic E-state index is 10.5. The van der Waals surface area contributed by atoms with E-state index in [1.807, 2.05) is 0 Å². The molecule has 0 spiro atoms. The second-order valence-electron chi connectivity index (χ2n) is 0.235. The molecule has 4 heteroatoms. The molecule has 0 N–H and O–H groups in total. The summed E-state index contributed by atoms with van der Waals surface area (Å²) in [5, 5.41) is 0. The van der Waals surface area contributed by atoms with E-state index in [-0.39, 0.29) is 12.3 Å². The molecule has 4 radical (unpaired) electrons. The summed E-state index contributed by atoms with van der Waals surface area (Å²) in [6.07, 6.45) is 0. The monoisotopic (exact) mass is 93.0 g/mol. The van der Waals surface area contributed by atoms with Crippen molar-refractivity contribution in [2.45, 2.75) is 0 Å². The predicted molar refractivity (Wildman–Crippen MR) is 15.2 cm³/mol. The predicted octanol–water partition coefficient (Wildman–Crippen LogP) is 0.601. The van der Waals surface area contributed by atoms with Crippen LogP contribution < -0.4 is 4.89 Å². The van der Waals surface area contributed by atoms with Crippen molar-refractivity contribution in [1.82, 2.24) is 4.89 Å². The Bertz CT molecular complexity index is 19.1. The third-order valence-corrected chi connectivity index (χ3v) is 0.196. The van der Waals surface area contributed by atoms with Crippen LogP contribution in [-0.2, 0) is 4.84 Å². The lowest BCUT2D eigenvalue weighted by Crippen LogP contribution is -1.81. The van der Waals surface area contributed by atoms with Crippen LogP contribution in [-0.4, -0.2) is 0 Å². The maximum atomic E-state index is 10.5. The van der Waals surface area contributed by atoms with Gasteiger partial charge in [0, 0.05) is 4.89 Å². The largest absolute Gasteiger partial charge is 0.252 e. The lowest BCUT2D eigenvalue weighted by Gasteiger charge is -1.76. The van der Waals surface area contributed by atoms with E-state index in [0.717, 1.165) is 0 Å². The third kappa shape index (κ3) is 4.20. The SMILES string of the molecule is [C]O[N]SF. The van der Waals surface area contributed by atoms with Crippen molar-refractivity contribution in [1.29, 1.82) is 0 Å². The molecule has 0 unspecified atom stereocenters. The van der Waals surface area contributed by atoms with Crippen LogP contribution in [0, 0.1) is 7.11 Å². The summed E-state index contributed by atoms with van der Waals surface area (Å²) in [6, 6.07) is 0. The second kappa shape index (κ2) is 4.20. The van der Waals surface area contributed by atoms with E-state index in [1.165, 1.54) is 0 Å². The molecule has 0 atom stereocenters. The van der Waals surface area contributed by atoms with Gasteiger partial charge < -0.3 is 0 Å². The minimum Gasteiger partial charge on any atom is -0.252 e. The van der Waals surface area contributed by atoms with Gasteiger partial charge in [-0.15, -0.1) is 3.89 Å². The minimum atomic E-state index is -0.383. The van der Waals surface area contributed by atoms with Crippen LogP contribution in [0.15, 0.2) is 0 Å². The lowest BCUT2D eigenvalue weighted by atomic mass is 11.7. The Morgan fingerprint density at radius 2 is 2.60 bits per heavy atom. The van der Waals surface area contributed by atoms with Crippen molar-refractivity contribution >= 4 is 12.3 Å². The van der Waals surface area contributed by atoms with E-state index in [4.69, 9.17) is 7.11 Å². The van der Waals surface area contributed by atoms with Crippen LogP contribution >= 0.6 is 12.3 Å². The van der Waals surface area contributed by atoms with Crippen LogP contribution in [0.3, 0.4) is 0 Å². The molecule has 0 aromatic rings. The first-order valence-electron chi connectivity index (χ1n) is 0.724. The summed E-state index contributed by atoms with van der Waals surface area (Å²) in [4.78, 5) is 5.54. The first kappa shape index (κ1) is 5.20. The Hall–Kier alpha value is 0.200. The Kier molecular flexibility index (Phi) is 4.37. The fraction of sp³-hybridized carbons (Fsp3) is 0. The minimum absolute atomic E-state index is 0.383. The molecule has 0 aliphatic rings. The van der Waals surface area contributed by atoms with Gasteiger partial charge in [0.15, 0.2) is 12.3 Å². The molecule has 0 aliphatic heterocycles. The van der Waals surface area contributed by atoms with E-state index < -0.39 is 0 Å². The molecular weight excluding hydrogens is 93.1 g/mol. The molecular formula is CFNOS. The quantitative estimate of drug-likeness (QED) is 0.368. The number of nitrogens with zero attached hydrogens (tertiary/aromatic N) is 1. The van der Waals surface area contributed by atoms with Gasteiger partial charge in [-0.3, -0.25) is 4.84 Å². The van der Waals surface area contributed by atoms with Gasteiger partial charge in [0.1, 0.15) is 0 Å². The topological polar surface area (TPSA) is 23.3 Å². The van der Waals surface area contributed by atoms with Crippen molar-refractivity contribution < 1.29 is 8.72 Å². The van der Waals surface area contributed by atoms with Gasteiger partial charge >= 0.3 is 0 Å². The summed E-state index contributed by atoms with van der Waals surface area (Å²) in [7, 11) is 5.68. The second-order valence-corrected chi connectivity index (χ2v) is 0.522. The lowest BCUT2D eigenvalue weighted by molar-refractivity contribution is 0.195. The van der Waals surface area contributed by atoms with Gasteiger partial charge in [0.25, 0.3) is 0 Å². The summed E-state index contributed by atoms with van der Waals surface area (Å²) >= 11 is -0.383. The summed E-state index contributed by atoms with van der Waals surface area (Å²) in [5.74, 6) is 0. The normalized spacial score (nSPS) is 8.40. The van der Waals surface area contributed by atoms with Gasteiger partial charge in [-0.05, 0) is 0 Å². The molecule has 0 fully saturated rings. The molecule has 0 aromatic carbocycles. The fourth-order valence-electron chi connectivity index (χ4n) is 0.0141. The molecule has 28 valence electrons. The highest BCUT2D eigenvalue weighted by molar-refractivity contribution is 7.92. The number of hydrogen-bond acceptors (Lipinski definition) is 2. The van der Waals surface area contributed by atoms with Crippen molar-refractivity contribution in [2.75, 3.05) is 0 Å². The molecule has 2 nitrogen and oxygen atoms in total. The fourth-order valence-corrected chi connectivity index (χ4v) is 0.0423.